The molecule has 0 unspecified atom stereocenters. The maximum Gasteiger partial charge on any atom is 0.282 e. The lowest BCUT2D eigenvalue weighted by molar-refractivity contribution is 0.316. The van der Waals surface area contributed by atoms with Crippen molar-refractivity contribution < 1.29 is 9.26 Å². The van der Waals surface area contributed by atoms with Crippen LogP contribution in [0.2, 0.25) is 0 Å². The first-order valence-corrected chi connectivity index (χ1v) is 9.11. The van der Waals surface area contributed by atoms with Crippen LogP contribution in [-0.4, -0.2) is 26.5 Å². The molecule has 1 saturated carbocycles. The maximum atomic E-state index is 6.44. The summed E-state index contributed by atoms with van der Waals surface area (Å²) in [6.07, 6.45) is 6.68. The molecule has 8 heteroatoms. The number of nitrogens with zero attached hydrogens (tertiary/aromatic N) is 4. The van der Waals surface area contributed by atoms with Gasteiger partial charge in [-0.05, 0) is 31.4 Å². The first kappa shape index (κ1) is 19.4. The zero-order valence-electron chi connectivity index (χ0n) is 15.3. The Morgan fingerprint density at radius 2 is 1.96 bits per heavy atom. The van der Waals surface area contributed by atoms with Crippen LogP contribution in [0.15, 0.2) is 41.1 Å². The first-order chi connectivity index (χ1) is 12.7. The number of ether oxygens (including phenoxy) is 1. The highest BCUT2D eigenvalue weighted by molar-refractivity contribution is 5.85. The second kappa shape index (κ2) is 8.10. The van der Waals surface area contributed by atoms with E-state index in [1.165, 1.54) is 0 Å². The smallest absolute Gasteiger partial charge is 0.282 e. The van der Waals surface area contributed by atoms with E-state index in [1.54, 1.807) is 4.68 Å². The Morgan fingerprint density at radius 3 is 2.67 bits per heavy atom. The number of hydrogen-bond acceptors (Lipinski definition) is 6. The minimum absolute atomic E-state index is 0. The third kappa shape index (κ3) is 3.84. The summed E-state index contributed by atoms with van der Waals surface area (Å²) in [5.41, 5.74) is 7.43. The van der Waals surface area contributed by atoms with Gasteiger partial charge in [0.2, 0.25) is 0 Å². The molecule has 1 aliphatic carbocycles. The molecule has 1 fully saturated rings. The van der Waals surface area contributed by atoms with Crippen LogP contribution in [0.25, 0.3) is 17.3 Å². The summed E-state index contributed by atoms with van der Waals surface area (Å²) in [6.45, 7) is 2.65. The quantitative estimate of drug-likeness (QED) is 0.688. The van der Waals surface area contributed by atoms with Crippen molar-refractivity contribution in [3.05, 3.63) is 42.4 Å². The van der Waals surface area contributed by atoms with Gasteiger partial charge in [-0.25, -0.2) is 4.68 Å². The Morgan fingerprint density at radius 1 is 1.22 bits per heavy atom. The number of nitrogens with two attached hydrogens (primary N) is 1. The van der Waals surface area contributed by atoms with Crippen molar-refractivity contribution >= 4 is 12.4 Å². The monoisotopic (exact) mass is 389 g/mol. The van der Waals surface area contributed by atoms with Crippen LogP contribution in [0, 0.1) is 0 Å². The summed E-state index contributed by atoms with van der Waals surface area (Å²) < 4.78 is 13.1. The molecule has 2 N–H and O–H groups in total. The fourth-order valence-electron chi connectivity index (χ4n) is 3.29. The van der Waals surface area contributed by atoms with Gasteiger partial charge in [0.1, 0.15) is 0 Å². The molecular weight excluding hydrogens is 366 g/mol. The Balaban J connectivity index is 0.00000210. The molecule has 4 rings (SSSR count). The van der Waals surface area contributed by atoms with E-state index in [9.17, 15) is 0 Å². The normalized spacial score (nSPS) is 15.5. The molecule has 0 amide bonds. The van der Waals surface area contributed by atoms with E-state index < -0.39 is 5.54 Å². The maximum absolute atomic E-state index is 6.44. The average Bonchev–Trinajstić information content (AvgIpc) is 3.40. The number of hydrogen-bond donors (Lipinski definition) is 1. The van der Waals surface area contributed by atoms with Crippen molar-refractivity contribution in [1.82, 2.24) is 19.9 Å². The molecule has 0 saturated heterocycles. The van der Waals surface area contributed by atoms with Crippen molar-refractivity contribution in [2.24, 2.45) is 5.73 Å². The Hall–Kier alpha value is -2.38. The second-order valence-electron chi connectivity index (χ2n) is 6.76. The van der Waals surface area contributed by atoms with E-state index in [4.69, 9.17) is 15.0 Å². The van der Waals surface area contributed by atoms with Gasteiger partial charge in [0.25, 0.3) is 5.89 Å². The summed E-state index contributed by atoms with van der Waals surface area (Å²) in [6, 6.07) is 9.85. The van der Waals surface area contributed by atoms with E-state index in [0.717, 1.165) is 37.8 Å². The van der Waals surface area contributed by atoms with E-state index in [-0.39, 0.29) is 12.4 Å². The number of halogens is 1. The van der Waals surface area contributed by atoms with Crippen LogP contribution in [-0.2, 0) is 5.54 Å². The van der Waals surface area contributed by atoms with Gasteiger partial charge in [0, 0.05) is 0 Å². The largest absolute Gasteiger partial charge is 0.489 e. The molecule has 1 aliphatic rings. The molecule has 0 spiro atoms. The van der Waals surface area contributed by atoms with E-state index in [2.05, 4.69) is 22.2 Å². The summed E-state index contributed by atoms with van der Waals surface area (Å²) in [4.78, 5) is 4.55. The fraction of sp³-hybridized carbons (Fsp3) is 0.421. The Bertz CT molecular complexity index is 871. The first-order valence-electron chi connectivity index (χ1n) is 9.11. The SMILES string of the molecule is CCCOc1cn(-c2ccccc2)nc1-c1nc(C2(N)CCCC2)no1.Cl. The van der Waals surface area contributed by atoms with Gasteiger partial charge in [-0.1, -0.05) is 43.1 Å². The van der Waals surface area contributed by atoms with Crippen molar-refractivity contribution in [3.8, 4) is 23.0 Å². The van der Waals surface area contributed by atoms with Crippen LogP contribution in [0.1, 0.15) is 44.9 Å². The lowest BCUT2D eigenvalue weighted by Gasteiger charge is -2.17. The predicted molar refractivity (Wildman–Crippen MR) is 104 cm³/mol. The molecule has 0 atom stereocenters. The van der Waals surface area contributed by atoms with Gasteiger partial charge >= 0.3 is 0 Å². The predicted octanol–water partition coefficient (Wildman–Crippen LogP) is 3.86. The van der Waals surface area contributed by atoms with Gasteiger partial charge in [-0.2, -0.15) is 10.1 Å². The minimum atomic E-state index is -0.492. The molecule has 2 heterocycles. The average molecular weight is 390 g/mol. The van der Waals surface area contributed by atoms with Gasteiger partial charge in [-0.3, -0.25) is 0 Å². The van der Waals surface area contributed by atoms with Crippen LogP contribution < -0.4 is 10.5 Å². The van der Waals surface area contributed by atoms with Crippen molar-refractivity contribution in [2.75, 3.05) is 6.61 Å². The highest BCUT2D eigenvalue weighted by atomic mass is 35.5. The zero-order valence-corrected chi connectivity index (χ0v) is 16.1. The molecule has 3 aromatic rings. The van der Waals surface area contributed by atoms with Gasteiger partial charge in [0.15, 0.2) is 17.3 Å². The second-order valence-corrected chi connectivity index (χ2v) is 6.76. The van der Waals surface area contributed by atoms with E-state index >= 15 is 0 Å². The van der Waals surface area contributed by atoms with Crippen molar-refractivity contribution in [1.29, 1.82) is 0 Å². The zero-order chi connectivity index (χ0) is 18.0. The lowest BCUT2D eigenvalue weighted by Crippen LogP contribution is -2.34. The van der Waals surface area contributed by atoms with Gasteiger partial charge in [0.05, 0.1) is 24.0 Å². The number of rotatable bonds is 6. The van der Waals surface area contributed by atoms with Gasteiger partial charge < -0.3 is 15.0 Å². The fourth-order valence-corrected chi connectivity index (χ4v) is 3.29. The molecule has 27 heavy (non-hydrogen) atoms. The molecule has 0 bridgehead atoms. The van der Waals surface area contributed by atoms with Crippen LogP contribution in [0.4, 0.5) is 0 Å². The van der Waals surface area contributed by atoms with Crippen LogP contribution in [0.3, 0.4) is 0 Å². The summed E-state index contributed by atoms with van der Waals surface area (Å²) in [5.74, 6) is 1.53. The summed E-state index contributed by atoms with van der Waals surface area (Å²) in [7, 11) is 0. The highest BCUT2D eigenvalue weighted by Crippen LogP contribution is 2.36. The van der Waals surface area contributed by atoms with Gasteiger partial charge in [-0.15, -0.1) is 12.4 Å². The van der Waals surface area contributed by atoms with Crippen LogP contribution >= 0.6 is 12.4 Å². The molecule has 0 aliphatic heterocycles. The Labute approximate surface area is 164 Å². The molecule has 1 aromatic carbocycles. The number of aromatic nitrogens is 4. The lowest BCUT2D eigenvalue weighted by atomic mass is 9.99. The Kier molecular flexibility index (Phi) is 5.82. The number of para-hydroxylation sites is 1. The van der Waals surface area contributed by atoms with Crippen molar-refractivity contribution in [3.63, 3.8) is 0 Å². The highest BCUT2D eigenvalue weighted by Gasteiger charge is 2.36. The van der Waals surface area contributed by atoms with E-state index in [0.29, 0.717) is 29.8 Å². The summed E-state index contributed by atoms with van der Waals surface area (Å²) >= 11 is 0. The third-order valence-corrected chi connectivity index (χ3v) is 4.73. The summed E-state index contributed by atoms with van der Waals surface area (Å²) in [5, 5.41) is 8.75. The molecule has 0 radical (unpaired) electrons. The van der Waals surface area contributed by atoms with Crippen LogP contribution in [0.5, 0.6) is 5.75 Å². The molecular formula is C19H24ClN5O2. The number of benzene rings is 1. The third-order valence-electron chi connectivity index (χ3n) is 4.73. The molecule has 7 nitrogen and oxygen atoms in total. The van der Waals surface area contributed by atoms with E-state index in [1.807, 2.05) is 36.5 Å². The van der Waals surface area contributed by atoms with Crippen molar-refractivity contribution in [2.45, 2.75) is 44.6 Å². The topological polar surface area (TPSA) is 92.0 Å². The molecule has 144 valence electrons. The molecule has 2 aromatic heterocycles. The minimum Gasteiger partial charge on any atom is -0.489 e. The standard InChI is InChI=1S/C19H23N5O2.ClH/c1-2-12-25-15-13-24(14-8-4-3-5-9-14)22-16(15)17-21-18(23-26-17)19(20)10-6-7-11-19;/h3-5,8-9,13H,2,6-7,10-12,20H2,1H3;1H.